The number of amides is 1. The molecule has 1 aliphatic rings. The molecule has 2 aromatic heterocycles. The van der Waals surface area contributed by atoms with E-state index >= 15 is 0 Å². The molecule has 24 heavy (non-hydrogen) atoms. The van der Waals surface area contributed by atoms with E-state index in [1.807, 2.05) is 18.3 Å². The van der Waals surface area contributed by atoms with Gasteiger partial charge in [0.05, 0.1) is 6.04 Å². The molecule has 1 fully saturated rings. The number of anilines is 1. The summed E-state index contributed by atoms with van der Waals surface area (Å²) in [5.74, 6) is 0.996. The fraction of sp³-hybridized carbons (Fsp3) is 0.500. The van der Waals surface area contributed by atoms with E-state index in [1.54, 1.807) is 6.20 Å². The summed E-state index contributed by atoms with van der Waals surface area (Å²) in [6.45, 7) is 5.88. The number of nitrogens with zero attached hydrogens (tertiary/aromatic N) is 3. The van der Waals surface area contributed by atoms with E-state index in [0.29, 0.717) is 11.7 Å². The second-order valence-corrected chi connectivity index (χ2v) is 6.70. The smallest absolute Gasteiger partial charge is 0.242 e. The molecule has 6 nitrogen and oxygen atoms in total. The number of aromatic amines is 1. The van der Waals surface area contributed by atoms with Gasteiger partial charge in [0, 0.05) is 30.7 Å². The van der Waals surface area contributed by atoms with Crippen LogP contribution in [-0.2, 0) is 11.3 Å². The summed E-state index contributed by atoms with van der Waals surface area (Å²) in [7, 11) is 0. The number of rotatable bonds is 5. The quantitative estimate of drug-likeness (QED) is 0.885. The van der Waals surface area contributed by atoms with Gasteiger partial charge in [-0.05, 0) is 36.9 Å². The Balaban J connectivity index is 1.66. The third-order valence-electron chi connectivity index (χ3n) is 4.50. The maximum atomic E-state index is 12.7. The van der Waals surface area contributed by atoms with Gasteiger partial charge in [0.1, 0.15) is 0 Å². The molecule has 3 rings (SSSR count). The predicted molar refractivity (Wildman–Crippen MR) is 93.6 cm³/mol. The zero-order chi connectivity index (χ0) is 16.9. The van der Waals surface area contributed by atoms with E-state index in [2.05, 4.69) is 45.3 Å². The van der Waals surface area contributed by atoms with Gasteiger partial charge in [0.25, 0.3) is 0 Å². The topological polar surface area (TPSA) is 73.9 Å². The Labute approximate surface area is 142 Å². The summed E-state index contributed by atoms with van der Waals surface area (Å²) in [4.78, 5) is 19.1. The van der Waals surface area contributed by atoms with Crippen molar-refractivity contribution >= 4 is 11.7 Å². The minimum Gasteiger partial charge on any atom is -0.308 e. The first-order valence-electron chi connectivity index (χ1n) is 8.62. The summed E-state index contributed by atoms with van der Waals surface area (Å²) >= 11 is 0. The summed E-state index contributed by atoms with van der Waals surface area (Å²) in [6.07, 6.45) is 6.73. The van der Waals surface area contributed by atoms with E-state index in [9.17, 15) is 4.79 Å². The minimum absolute atomic E-state index is 0.0281. The molecule has 2 aromatic rings. The lowest BCUT2D eigenvalue weighted by atomic mass is 10.0. The van der Waals surface area contributed by atoms with Gasteiger partial charge in [-0.15, -0.1) is 0 Å². The maximum absolute atomic E-state index is 12.7. The van der Waals surface area contributed by atoms with Crippen molar-refractivity contribution in [3.63, 3.8) is 0 Å². The third-order valence-corrected chi connectivity index (χ3v) is 4.50. The largest absolute Gasteiger partial charge is 0.308 e. The third kappa shape index (κ3) is 4.00. The first kappa shape index (κ1) is 16.6. The maximum Gasteiger partial charge on any atom is 0.242 e. The Morgan fingerprint density at radius 1 is 1.46 bits per heavy atom. The van der Waals surface area contributed by atoms with Crippen LogP contribution in [0.3, 0.4) is 0 Å². The van der Waals surface area contributed by atoms with Crippen LogP contribution in [-0.4, -0.2) is 38.6 Å². The van der Waals surface area contributed by atoms with Gasteiger partial charge >= 0.3 is 0 Å². The number of carbonyl (C=O) groups excluding carboxylic acids is 1. The Hall–Kier alpha value is -2.21. The number of likely N-dealkylation sites (tertiary alicyclic amines) is 1. The molecule has 1 amide bonds. The predicted octanol–water partition coefficient (Wildman–Crippen LogP) is 2.92. The number of aromatic nitrogens is 3. The molecule has 3 heterocycles. The second kappa shape index (κ2) is 7.57. The first-order valence-corrected chi connectivity index (χ1v) is 8.62. The number of nitrogens with one attached hydrogen (secondary N) is 2. The Morgan fingerprint density at radius 2 is 2.33 bits per heavy atom. The molecule has 0 spiro atoms. The van der Waals surface area contributed by atoms with Crippen LogP contribution < -0.4 is 5.32 Å². The molecule has 2 N–H and O–H groups in total. The second-order valence-electron chi connectivity index (χ2n) is 6.70. The van der Waals surface area contributed by atoms with Crippen LogP contribution in [0.2, 0.25) is 0 Å². The highest BCUT2D eigenvalue weighted by molar-refractivity contribution is 5.94. The highest BCUT2D eigenvalue weighted by Gasteiger charge is 2.29. The SMILES string of the molecule is CC(C)c1cc(NC(=O)C2CCCCN2Cc2cccnc2)n[nH]1. The number of H-pyrrole nitrogens is 1. The molecule has 6 heteroatoms. The van der Waals surface area contributed by atoms with Crippen LogP contribution in [0.15, 0.2) is 30.6 Å². The lowest BCUT2D eigenvalue weighted by Crippen LogP contribution is -2.46. The van der Waals surface area contributed by atoms with Gasteiger partial charge in [-0.3, -0.25) is 19.8 Å². The zero-order valence-corrected chi connectivity index (χ0v) is 14.3. The molecule has 1 atom stereocenters. The van der Waals surface area contributed by atoms with Gasteiger partial charge in [-0.2, -0.15) is 5.10 Å². The molecule has 1 aliphatic heterocycles. The van der Waals surface area contributed by atoms with Crippen LogP contribution >= 0.6 is 0 Å². The Bertz CT molecular complexity index is 667. The molecule has 0 aromatic carbocycles. The summed E-state index contributed by atoms with van der Waals surface area (Å²) in [5, 5.41) is 10.1. The Morgan fingerprint density at radius 3 is 3.04 bits per heavy atom. The fourth-order valence-electron chi connectivity index (χ4n) is 3.11. The molecule has 0 radical (unpaired) electrons. The van der Waals surface area contributed by atoms with E-state index in [4.69, 9.17) is 0 Å². The van der Waals surface area contributed by atoms with E-state index in [1.165, 1.54) is 0 Å². The van der Waals surface area contributed by atoms with Gasteiger partial charge in [-0.1, -0.05) is 26.3 Å². The molecule has 1 saturated heterocycles. The number of piperidine rings is 1. The highest BCUT2D eigenvalue weighted by atomic mass is 16.2. The monoisotopic (exact) mass is 327 g/mol. The van der Waals surface area contributed by atoms with E-state index < -0.39 is 0 Å². The number of carbonyl (C=O) groups is 1. The van der Waals surface area contributed by atoms with E-state index in [-0.39, 0.29) is 11.9 Å². The summed E-state index contributed by atoms with van der Waals surface area (Å²) in [6, 6.07) is 5.79. The molecular weight excluding hydrogens is 302 g/mol. The van der Waals surface area contributed by atoms with Gasteiger partial charge in [0.2, 0.25) is 5.91 Å². The van der Waals surface area contributed by atoms with Crippen LogP contribution in [0.4, 0.5) is 5.82 Å². The van der Waals surface area contributed by atoms with Crippen LogP contribution in [0.25, 0.3) is 0 Å². The van der Waals surface area contributed by atoms with E-state index in [0.717, 1.165) is 43.6 Å². The van der Waals surface area contributed by atoms with Crippen molar-refractivity contribution in [1.29, 1.82) is 0 Å². The average molecular weight is 327 g/mol. The van der Waals surface area contributed by atoms with Crippen molar-refractivity contribution in [2.24, 2.45) is 0 Å². The fourth-order valence-corrected chi connectivity index (χ4v) is 3.11. The Kier molecular flexibility index (Phi) is 5.25. The molecule has 0 saturated carbocycles. The number of hydrogen-bond donors (Lipinski definition) is 2. The minimum atomic E-state index is -0.113. The van der Waals surface area contributed by atoms with Gasteiger partial charge in [0.15, 0.2) is 5.82 Å². The van der Waals surface area contributed by atoms with Crippen LogP contribution in [0.1, 0.15) is 50.3 Å². The average Bonchev–Trinajstić information content (AvgIpc) is 3.05. The lowest BCUT2D eigenvalue weighted by Gasteiger charge is -2.34. The molecule has 0 aliphatic carbocycles. The molecule has 128 valence electrons. The highest BCUT2D eigenvalue weighted by Crippen LogP contribution is 2.21. The normalized spacial score (nSPS) is 18.7. The molecular formula is C18H25N5O. The van der Waals surface area contributed by atoms with Gasteiger partial charge in [-0.25, -0.2) is 0 Å². The van der Waals surface area contributed by atoms with Crippen molar-refractivity contribution in [3.05, 3.63) is 41.9 Å². The molecule has 0 bridgehead atoms. The van der Waals surface area contributed by atoms with Crippen molar-refractivity contribution < 1.29 is 4.79 Å². The van der Waals surface area contributed by atoms with Crippen molar-refractivity contribution in [1.82, 2.24) is 20.1 Å². The number of hydrogen-bond acceptors (Lipinski definition) is 4. The zero-order valence-electron chi connectivity index (χ0n) is 14.3. The number of pyridine rings is 1. The lowest BCUT2D eigenvalue weighted by molar-refractivity contribution is -0.122. The summed E-state index contributed by atoms with van der Waals surface area (Å²) < 4.78 is 0. The molecule has 1 unspecified atom stereocenters. The van der Waals surface area contributed by atoms with Crippen molar-refractivity contribution in [2.45, 2.75) is 51.6 Å². The standard InChI is InChI=1S/C18H25N5O/c1-13(2)15-10-17(22-21-15)20-18(24)16-7-3-4-9-23(16)12-14-6-5-8-19-11-14/h5-6,8,10-11,13,16H,3-4,7,9,12H2,1-2H3,(H2,20,21,22,24). The van der Waals surface area contributed by atoms with Crippen LogP contribution in [0, 0.1) is 0 Å². The van der Waals surface area contributed by atoms with Crippen molar-refractivity contribution in [2.75, 3.05) is 11.9 Å². The van der Waals surface area contributed by atoms with Crippen LogP contribution in [0.5, 0.6) is 0 Å². The van der Waals surface area contributed by atoms with Crippen molar-refractivity contribution in [3.8, 4) is 0 Å². The first-order chi connectivity index (χ1) is 11.6. The summed E-state index contributed by atoms with van der Waals surface area (Å²) in [5.41, 5.74) is 2.17. The van der Waals surface area contributed by atoms with Gasteiger partial charge < -0.3 is 5.32 Å².